The number of hydrogen-bond acceptors (Lipinski definition) is 3. The molecule has 7 heteroatoms. The molecule has 0 aromatic carbocycles. The number of amides is 2. The maximum Gasteiger partial charge on any atom is 0.326 e. The number of carbonyl (C=O) groups is 2. The fourth-order valence-corrected chi connectivity index (χ4v) is 1.78. The lowest BCUT2D eigenvalue weighted by Crippen LogP contribution is -2.52. The molecule has 1 aromatic heterocycles. The first-order valence-corrected chi connectivity index (χ1v) is 6.46. The Bertz CT molecular complexity index is 476. The van der Waals surface area contributed by atoms with Gasteiger partial charge in [0.05, 0.1) is 0 Å². The molecule has 1 unspecified atom stereocenters. The van der Waals surface area contributed by atoms with Crippen molar-refractivity contribution in [2.75, 3.05) is 6.54 Å². The van der Waals surface area contributed by atoms with Crippen LogP contribution in [0.5, 0.6) is 0 Å². The van der Waals surface area contributed by atoms with E-state index in [-0.39, 0.29) is 0 Å². The maximum absolute atomic E-state index is 11.7. The Balaban J connectivity index is 2.43. The normalized spacial score (nSPS) is 12.8. The molecule has 0 saturated carbocycles. The van der Waals surface area contributed by atoms with Crippen molar-refractivity contribution in [3.63, 3.8) is 0 Å². The second-order valence-electron chi connectivity index (χ2n) is 5.73. The van der Waals surface area contributed by atoms with Gasteiger partial charge in [-0.1, -0.05) is 20.8 Å². The number of carboxylic acid groups (broad SMARTS) is 1. The molecule has 0 saturated heterocycles. The molecule has 20 heavy (non-hydrogen) atoms. The van der Waals surface area contributed by atoms with Crippen LogP contribution in [0.25, 0.3) is 0 Å². The molecule has 0 aliphatic heterocycles. The molecule has 0 fully saturated rings. The van der Waals surface area contributed by atoms with Crippen molar-refractivity contribution in [3.05, 3.63) is 18.0 Å². The molecule has 1 heterocycles. The number of aromatic nitrogens is 2. The smallest absolute Gasteiger partial charge is 0.326 e. The van der Waals surface area contributed by atoms with Gasteiger partial charge < -0.3 is 15.7 Å². The van der Waals surface area contributed by atoms with E-state index in [0.717, 1.165) is 5.69 Å². The van der Waals surface area contributed by atoms with E-state index in [1.54, 1.807) is 31.6 Å². The topological polar surface area (TPSA) is 96.3 Å². The van der Waals surface area contributed by atoms with E-state index in [9.17, 15) is 9.59 Å². The largest absolute Gasteiger partial charge is 0.480 e. The maximum atomic E-state index is 11.7. The number of aryl methyl sites for hydroxylation is 1. The highest BCUT2D eigenvalue weighted by Crippen LogP contribution is 2.19. The van der Waals surface area contributed by atoms with Crippen molar-refractivity contribution < 1.29 is 14.7 Å². The zero-order valence-corrected chi connectivity index (χ0v) is 12.3. The van der Waals surface area contributed by atoms with Gasteiger partial charge in [-0.2, -0.15) is 5.10 Å². The second kappa shape index (κ2) is 6.40. The Hall–Kier alpha value is -2.05. The first kappa shape index (κ1) is 16.0. The highest BCUT2D eigenvalue weighted by molar-refractivity contribution is 5.83. The van der Waals surface area contributed by atoms with Crippen molar-refractivity contribution in [2.24, 2.45) is 12.5 Å². The molecule has 1 rings (SSSR count). The van der Waals surface area contributed by atoms with Crippen LogP contribution in [0.1, 0.15) is 26.5 Å². The van der Waals surface area contributed by atoms with Crippen LogP contribution in [0.2, 0.25) is 0 Å². The van der Waals surface area contributed by atoms with Gasteiger partial charge in [-0.05, 0) is 11.5 Å². The summed E-state index contributed by atoms with van der Waals surface area (Å²) < 4.78 is 1.73. The van der Waals surface area contributed by atoms with E-state index in [0.29, 0.717) is 13.0 Å². The van der Waals surface area contributed by atoms with E-state index >= 15 is 0 Å². The lowest BCUT2D eigenvalue weighted by atomic mass is 9.87. The number of aliphatic carboxylic acids is 1. The average Bonchev–Trinajstić information content (AvgIpc) is 2.70. The Kier molecular flexibility index (Phi) is 5.12. The molecular weight excluding hydrogens is 260 g/mol. The van der Waals surface area contributed by atoms with Crippen LogP contribution in [-0.4, -0.2) is 39.5 Å². The summed E-state index contributed by atoms with van der Waals surface area (Å²) in [5.41, 5.74) is 0.446. The highest BCUT2D eigenvalue weighted by atomic mass is 16.4. The minimum absolute atomic E-state index is 0.419. The lowest BCUT2D eigenvalue weighted by Gasteiger charge is -2.27. The van der Waals surface area contributed by atoms with E-state index in [1.807, 2.05) is 13.1 Å². The van der Waals surface area contributed by atoms with Crippen LogP contribution in [0, 0.1) is 5.41 Å². The molecule has 3 N–H and O–H groups in total. The first-order chi connectivity index (χ1) is 9.21. The summed E-state index contributed by atoms with van der Waals surface area (Å²) in [7, 11) is 1.83. The van der Waals surface area contributed by atoms with E-state index in [4.69, 9.17) is 5.11 Å². The number of nitrogens with zero attached hydrogens (tertiary/aromatic N) is 2. The van der Waals surface area contributed by atoms with Crippen molar-refractivity contribution in [1.29, 1.82) is 0 Å². The Morgan fingerprint density at radius 3 is 2.55 bits per heavy atom. The zero-order chi connectivity index (χ0) is 15.3. The number of carboxylic acids is 1. The van der Waals surface area contributed by atoms with Gasteiger partial charge in [-0.25, -0.2) is 9.59 Å². The Morgan fingerprint density at radius 1 is 1.45 bits per heavy atom. The third kappa shape index (κ3) is 4.56. The van der Waals surface area contributed by atoms with Gasteiger partial charge in [-0.3, -0.25) is 4.68 Å². The van der Waals surface area contributed by atoms with Gasteiger partial charge in [0, 0.05) is 31.9 Å². The third-order valence-corrected chi connectivity index (χ3v) is 2.98. The van der Waals surface area contributed by atoms with E-state index in [1.165, 1.54) is 0 Å². The van der Waals surface area contributed by atoms with Gasteiger partial charge in [0.1, 0.15) is 6.04 Å². The zero-order valence-electron chi connectivity index (χ0n) is 12.3. The van der Waals surface area contributed by atoms with Gasteiger partial charge in [0.25, 0.3) is 0 Å². The number of rotatable bonds is 5. The summed E-state index contributed by atoms with van der Waals surface area (Å²) in [6.45, 7) is 5.72. The van der Waals surface area contributed by atoms with Crippen LogP contribution in [0.4, 0.5) is 4.79 Å². The van der Waals surface area contributed by atoms with Gasteiger partial charge >= 0.3 is 12.0 Å². The third-order valence-electron chi connectivity index (χ3n) is 2.98. The van der Waals surface area contributed by atoms with Crippen LogP contribution in [0.3, 0.4) is 0 Å². The van der Waals surface area contributed by atoms with Crippen LogP contribution < -0.4 is 10.6 Å². The molecule has 0 spiro atoms. The molecule has 2 amide bonds. The number of hydrogen-bond donors (Lipinski definition) is 3. The quantitative estimate of drug-likeness (QED) is 0.743. The summed E-state index contributed by atoms with van der Waals surface area (Å²) in [5, 5.41) is 18.3. The molecule has 7 nitrogen and oxygen atoms in total. The fourth-order valence-electron chi connectivity index (χ4n) is 1.78. The predicted octanol–water partition coefficient (Wildman–Crippen LogP) is 0.761. The number of nitrogens with one attached hydrogen (secondary N) is 2. The lowest BCUT2D eigenvalue weighted by molar-refractivity contribution is -0.141. The highest BCUT2D eigenvalue weighted by Gasteiger charge is 2.32. The standard InChI is InChI=1S/C13H22N4O3/c1-13(2,3)10(11(18)19)16-12(20)14-7-5-9-6-8-15-17(9)4/h6,8,10H,5,7H2,1-4H3,(H,18,19)(H2,14,16,20). The summed E-state index contributed by atoms with van der Waals surface area (Å²) in [5.74, 6) is -1.04. The molecular formula is C13H22N4O3. The van der Waals surface area contributed by atoms with Crippen LogP contribution in [0.15, 0.2) is 12.3 Å². The number of carbonyl (C=O) groups excluding carboxylic acids is 1. The van der Waals surface area contributed by atoms with Gasteiger partial charge in [0.2, 0.25) is 0 Å². The second-order valence-corrected chi connectivity index (χ2v) is 5.73. The molecule has 0 bridgehead atoms. The SMILES string of the molecule is Cn1nccc1CCNC(=O)NC(C(=O)O)C(C)(C)C. The molecule has 1 aromatic rings. The minimum Gasteiger partial charge on any atom is -0.480 e. The van der Waals surface area contributed by atoms with Crippen LogP contribution in [-0.2, 0) is 18.3 Å². The van der Waals surface area contributed by atoms with Gasteiger partial charge in [0.15, 0.2) is 0 Å². The van der Waals surface area contributed by atoms with Crippen molar-refractivity contribution in [1.82, 2.24) is 20.4 Å². The molecule has 112 valence electrons. The first-order valence-electron chi connectivity index (χ1n) is 6.46. The van der Waals surface area contributed by atoms with Crippen LogP contribution >= 0.6 is 0 Å². The van der Waals surface area contributed by atoms with Crippen molar-refractivity contribution in [2.45, 2.75) is 33.2 Å². The predicted molar refractivity (Wildman–Crippen MR) is 74.3 cm³/mol. The molecule has 0 aliphatic rings. The van der Waals surface area contributed by atoms with Crippen molar-refractivity contribution in [3.8, 4) is 0 Å². The summed E-state index contributed by atoms with van der Waals surface area (Å²) in [4.78, 5) is 22.8. The van der Waals surface area contributed by atoms with E-state index < -0.39 is 23.5 Å². The Labute approximate surface area is 118 Å². The minimum atomic E-state index is -1.04. The summed E-state index contributed by atoms with van der Waals surface area (Å²) in [6.07, 6.45) is 2.33. The monoisotopic (exact) mass is 282 g/mol. The van der Waals surface area contributed by atoms with Crippen molar-refractivity contribution >= 4 is 12.0 Å². The summed E-state index contributed by atoms with van der Waals surface area (Å²) in [6, 6.07) is 0.461. The fraction of sp³-hybridized carbons (Fsp3) is 0.615. The number of urea groups is 1. The molecule has 1 atom stereocenters. The van der Waals surface area contributed by atoms with E-state index in [2.05, 4.69) is 15.7 Å². The summed E-state index contributed by atoms with van der Waals surface area (Å²) >= 11 is 0. The van der Waals surface area contributed by atoms with Gasteiger partial charge in [-0.15, -0.1) is 0 Å². The average molecular weight is 282 g/mol. The molecule has 0 aliphatic carbocycles. The Morgan fingerprint density at radius 2 is 2.10 bits per heavy atom. The molecule has 0 radical (unpaired) electrons.